The lowest BCUT2D eigenvalue weighted by Gasteiger charge is -2.18. The van der Waals surface area contributed by atoms with Crippen molar-refractivity contribution in [3.63, 3.8) is 0 Å². The number of rotatable bonds is 3. The standard InChI is InChI=1S/C22H24N2O2S/c1-22(2,3)16-8-10-17(11-9-16)23-21-24(4)20(25)19(27-21)14-15-6-12-18(26-5)13-7-15/h6-14H,1-5H3/b19-14-,23-21?. The normalized spacial score (nSPS) is 17.8. The maximum atomic E-state index is 12.6. The van der Waals surface area contributed by atoms with Crippen LogP contribution in [0.25, 0.3) is 6.08 Å². The lowest BCUT2D eigenvalue weighted by atomic mass is 9.87. The third kappa shape index (κ3) is 4.42. The van der Waals surface area contributed by atoms with E-state index in [0.29, 0.717) is 10.1 Å². The molecular weight excluding hydrogens is 356 g/mol. The van der Waals surface area contributed by atoms with Gasteiger partial charge in [0.1, 0.15) is 5.75 Å². The molecule has 0 unspecified atom stereocenters. The highest BCUT2D eigenvalue weighted by Crippen LogP contribution is 2.33. The van der Waals surface area contributed by atoms with Crippen molar-refractivity contribution < 1.29 is 9.53 Å². The highest BCUT2D eigenvalue weighted by atomic mass is 32.2. The minimum absolute atomic E-state index is 0.0409. The number of thioether (sulfide) groups is 1. The van der Waals surface area contributed by atoms with E-state index in [1.165, 1.54) is 17.3 Å². The summed E-state index contributed by atoms with van der Waals surface area (Å²) in [7, 11) is 3.39. The van der Waals surface area contributed by atoms with Gasteiger partial charge in [0.15, 0.2) is 5.17 Å². The molecule has 0 aliphatic carbocycles. The second kappa shape index (κ2) is 7.61. The molecule has 0 aromatic heterocycles. The number of benzene rings is 2. The van der Waals surface area contributed by atoms with Crippen molar-refractivity contribution in [3.8, 4) is 5.75 Å². The van der Waals surface area contributed by atoms with E-state index in [2.05, 4.69) is 37.9 Å². The maximum Gasteiger partial charge on any atom is 0.266 e. The number of aliphatic imine (C=N–C) groups is 1. The fourth-order valence-corrected chi connectivity index (χ4v) is 3.64. The molecule has 1 aliphatic rings. The van der Waals surface area contributed by atoms with Crippen LogP contribution in [0.15, 0.2) is 58.4 Å². The molecule has 0 N–H and O–H groups in total. The Morgan fingerprint density at radius 1 is 1.04 bits per heavy atom. The predicted octanol–water partition coefficient (Wildman–Crippen LogP) is 5.23. The Bertz CT molecular complexity index is 891. The molecule has 3 rings (SSSR count). The number of likely N-dealkylation sites (N-methyl/N-ethyl adjacent to an activating group) is 1. The Hall–Kier alpha value is -2.53. The minimum Gasteiger partial charge on any atom is -0.497 e. The van der Waals surface area contributed by atoms with Crippen LogP contribution in [0.5, 0.6) is 5.75 Å². The summed E-state index contributed by atoms with van der Waals surface area (Å²) in [6.45, 7) is 6.55. The van der Waals surface area contributed by atoms with Gasteiger partial charge in [-0.2, -0.15) is 0 Å². The zero-order valence-corrected chi connectivity index (χ0v) is 17.1. The van der Waals surface area contributed by atoms with Gasteiger partial charge < -0.3 is 4.74 Å². The molecule has 140 valence electrons. The van der Waals surface area contributed by atoms with Crippen LogP contribution in [-0.4, -0.2) is 30.1 Å². The molecule has 0 atom stereocenters. The van der Waals surface area contributed by atoms with E-state index in [0.717, 1.165) is 17.0 Å². The smallest absolute Gasteiger partial charge is 0.266 e. The van der Waals surface area contributed by atoms with E-state index >= 15 is 0 Å². The number of amides is 1. The van der Waals surface area contributed by atoms with Crippen molar-refractivity contribution in [1.29, 1.82) is 0 Å². The van der Waals surface area contributed by atoms with Crippen molar-refractivity contribution >= 4 is 34.6 Å². The van der Waals surface area contributed by atoms with Crippen molar-refractivity contribution in [3.05, 3.63) is 64.6 Å². The summed E-state index contributed by atoms with van der Waals surface area (Å²) in [5, 5.41) is 0.684. The molecule has 1 saturated heterocycles. The summed E-state index contributed by atoms with van der Waals surface area (Å²) in [4.78, 5) is 19.5. The SMILES string of the molecule is COc1ccc(/C=C2\SC(=Nc3ccc(C(C)(C)C)cc3)N(C)C2=O)cc1. The minimum atomic E-state index is -0.0409. The second-order valence-electron chi connectivity index (χ2n) is 7.44. The quantitative estimate of drug-likeness (QED) is 0.685. The fraction of sp³-hybridized carbons (Fsp3) is 0.273. The van der Waals surface area contributed by atoms with Gasteiger partial charge in [-0.1, -0.05) is 45.0 Å². The monoisotopic (exact) mass is 380 g/mol. The number of hydrogen-bond donors (Lipinski definition) is 0. The van der Waals surface area contributed by atoms with Crippen LogP contribution < -0.4 is 4.74 Å². The molecule has 0 spiro atoms. The molecule has 27 heavy (non-hydrogen) atoms. The Kier molecular flexibility index (Phi) is 5.42. The van der Waals surface area contributed by atoms with Gasteiger partial charge in [0, 0.05) is 7.05 Å². The summed E-state index contributed by atoms with van der Waals surface area (Å²) in [5.41, 5.74) is 3.16. The van der Waals surface area contributed by atoms with Crippen LogP contribution in [0.4, 0.5) is 5.69 Å². The van der Waals surface area contributed by atoms with E-state index in [1.54, 1.807) is 19.1 Å². The van der Waals surface area contributed by atoms with Crippen LogP contribution >= 0.6 is 11.8 Å². The molecule has 0 bridgehead atoms. The summed E-state index contributed by atoms with van der Waals surface area (Å²) in [5.74, 6) is 0.751. The zero-order valence-electron chi connectivity index (χ0n) is 16.3. The molecule has 1 aliphatic heterocycles. The number of ether oxygens (including phenoxy) is 1. The number of methoxy groups -OCH3 is 1. The Morgan fingerprint density at radius 2 is 1.67 bits per heavy atom. The first kappa shape index (κ1) is 19.2. The number of carbonyl (C=O) groups is 1. The van der Waals surface area contributed by atoms with Crippen LogP contribution in [0, 0.1) is 0 Å². The molecular formula is C22H24N2O2S. The van der Waals surface area contributed by atoms with E-state index in [1.807, 2.05) is 42.5 Å². The van der Waals surface area contributed by atoms with Gasteiger partial charge in [0.05, 0.1) is 17.7 Å². The Morgan fingerprint density at radius 3 is 2.22 bits per heavy atom. The zero-order chi connectivity index (χ0) is 19.6. The van der Waals surface area contributed by atoms with Gasteiger partial charge in [-0.25, -0.2) is 4.99 Å². The molecule has 0 saturated carbocycles. The number of carbonyl (C=O) groups excluding carboxylic acids is 1. The number of nitrogens with zero attached hydrogens (tertiary/aromatic N) is 2. The van der Waals surface area contributed by atoms with E-state index in [9.17, 15) is 4.79 Å². The van der Waals surface area contributed by atoms with Gasteiger partial charge in [-0.15, -0.1) is 0 Å². The first-order chi connectivity index (χ1) is 12.8. The molecule has 0 radical (unpaired) electrons. The van der Waals surface area contributed by atoms with E-state index in [-0.39, 0.29) is 11.3 Å². The Labute approximate surface area is 164 Å². The molecule has 1 fully saturated rings. The van der Waals surface area contributed by atoms with Crippen molar-refractivity contribution in [2.75, 3.05) is 14.2 Å². The van der Waals surface area contributed by atoms with Crippen LogP contribution in [0.1, 0.15) is 31.9 Å². The highest BCUT2D eigenvalue weighted by Gasteiger charge is 2.30. The van der Waals surface area contributed by atoms with Gasteiger partial charge >= 0.3 is 0 Å². The predicted molar refractivity (Wildman–Crippen MR) is 114 cm³/mol. The molecule has 1 heterocycles. The molecule has 2 aromatic rings. The highest BCUT2D eigenvalue weighted by molar-refractivity contribution is 8.18. The topological polar surface area (TPSA) is 41.9 Å². The lowest BCUT2D eigenvalue weighted by Crippen LogP contribution is -2.23. The fourth-order valence-electron chi connectivity index (χ4n) is 2.65. The molecule has 4 nitrogen and oxygen atoms in total. The van der Waals surface area contributed by atoms with Gasteiger partial charge in [0.25, 0.3) is 5.91 Å². The third-order valence-electron chi connectivity index (χ3n) is 4.38. The number of hydrogen-bond acceptors (Lipinski definition) is 4. The van der Waals surface area contributed by atoms with Crippen LogP contribution in [0.3, 0.4) is 0 Å². The second-order valence-corrected chi connectivity index (χ2v) is 8.45. The average Bonchev–Trinajstić information content (AvgIpc) is 2.90. The van der Waals surface area contributed by atoms with Gasteiger partial charge in [-0.05, 0) is 58.6 Å². The summed E-state index contributed by atoms with van der Waals surface area (Å²) < 4.78 is 5.17. The summed E-state index contributed by atoms with van der Waals surface area (Å²) in [6.07, 6.45) is 1.88. The van der Waals surface area contributed by atoms with E-state index in [4.69, 9.17) is 4.74 Å². The summed E-state index contributed by atoms with van der Waals surface area (Å²) >= 11 is 1.39. The largest absolute Gasteiger partial charge is 0.497 e. The van der Waals surface area contributed by atoms with Gasteiger partial charge in [0.2, 0.25) is 0 Å². The van der Waals surface area contributed by atoms with Crippen LogP contribution in [0.2, 0.25) is 0 Å². The molecule has 1 amide bonds. The lowest BCUT2D eigenvalue weighted by molar-refractivity contribution is -0.121. The van der Waals surface area contributed by atoms with Crippen molar-refractivity contribution in [2.24, 2.45) is 4.99 Å². The van der Waals surface area contributed by atoms with Crippen molar-refractivity contribution in [1.82, 2.24) is 4.90 Å². The Balaban J connectivity index is 1.82. The third-order valence-corrected chi connectivity index (χ3v) is 5.44. The molecule has 5 heteroatoms. The van der Waals surface area contributed by atoms with E-state index < -0.39 is 0 Å². The first-order valence-corrected chi connectivity index (χ1v) is 9.60. The first-order valence-electron chi connectivity index (χ1n) is 8.79. The number of amidine groups is 1. The summed E-state index contributed by atoms with van der Waals surface area (Å²) in [6, 6.07) is 15.8. The maximum absolute atomic E-state index is 12.6. The van der Waals surface area contributed by atoms with Crippen molar-refractivity contribution in [2.45, 2.75) is 26.2 Å². The van der Waals surface area contributed by atoms with Gasteiger partial charge in [-0.3, -0.25) is 9.69 Å². The van der Waals surface area contributed by atoms with Crippen LogP contribution in [-0.2, 0) is 10.2 Å². The average molecular weight is 381 g/mol. The molecule has 2 aromatic carbocycles.